The first-order valence-electron chi connectivity index (χ1n) is 7.73. The quantitative estimate of drug-likeness (QED) is 0.919. The van der Waals surface area contributed by atoms with Crippen LogP contribution in [-0.2, 0) is 4.74 Å². The van der Waals surface area contributed by atoms with Gasteiger partial charge in [0.2, 0.25) is 5.13 Å². The van der Waals surface area contributed by atoms with E-state index in [-0.39, 0.29) is 17.1 Å². The molecule has 1 N–H and O–H groups in total. The van der Waals surface area contributed by atoms with Crippen LogP contribution in [0.2, 0.25) is 0 Å². The molecule has 2 aromatic rings. The summed E-state index contributed by atoms with van der Waals surface area (Å²) < 4.78 is 6.09. The van der Waals surface area contributed by atoms with Gasteiger partial charge in [-0.25, -0.2) is 4.98 Å². The number of morpholine rings is 1. The third kappa shape index (κ3) is 3.88. The molecule has 2 aromatic heterocycles. The lowest BCUT2D eigenvalue weighted by atomic mass is 9.99. The number of aromatic nitrogens is 3. The number of hydrogen-bond acceptors (Lipinski definition) is 7. The number of amides is 1. The Bertz CT molecular complexity index is 697. The minimum Gasteiger partial charge on any atom is -0.366 e. The number of rotatable bonds is 3. The maximum absolute atomic E-state index is 12.2. The summed E-state index contributed by atoms with van der Waals surface area (Å²) in [5, 5.41) is 10.7. The number of carbonyl (C=O) groups is 1. The zero-order chi connectivity index (χ0) is 17.4. The molecule has 0 spiro atoms. The van der Waals surface area contributed by atoms with Gasteiger partial charge in [0, 0.05) is 19.3 Å². The largest absolute Gasteiger partial charge is 0.366 e. The van der Waals surface area contributed by atoms with Crippen molar-refractivity contribution in [1.29, 1.82) is 0 Å². The van der Waals surface area contributed by atoms with Gasteiger partial charge >= 0.3 is 0 Å². The van der Waals surface area contributed by atoms with Gasteiger partial charge < -0.3 is 9.64 Å². The van der Waals surface area contributed by atoms with Gasteiger partial charge in [-0.2, -0.15) is 0 Å². The van der Waals surface area contributed by atoms with Gasteiger partial charge in [0.05, 0.1) is 16.8 Å². The van der Waals surface area contributed by atoms with Crippen LogP contribution < -0.4 is 10.2 Å². The molecule has 0 unspecified atom stereocenters. The van der Waals surface area contributed by atoms with Crippen LogP contribution in [0.25, 0.3) is 0 Å². The first kappa shape index (κ1) is 16.8. The molecule has 0 saturated carbocycles. The lowest BCUT2D eigenvalue weighted by Gasteiger charge is -2.47. The highest BCUT2D eigenvalue weighted by atomic mass is 32.1. The molecular weight excluding hydrogens is 326 g/mol. The summed E-state index contributed by atoms with van der Waals surface area (Å²) in [5.74, 6) is 0.598. The second-order valence-electron chi connectivity index (χ2n) is 7.08. The molecule has 1 aliphatic rings. The van der Waals surface area contributed by atoms with Crippen LogP contribution in [0.3, 0.4) is 0 Å². The number of nitrogens with one attached hydrogen (secondary N) is 1. The van der Waals surface area contributed by atoms with E-state index in [1.807, 2.05) is 6.07 Å². The fourth-order valence-electron chi connectivity index (χ4n) is 3.05. The van der Waals surface area contributed by atoms with Crippen LogP contribution in [0.5, 0.6) is 0 Å². The Morgan fingerprint density at radius 3 is 2.50 bits per heavy atom. The highest BCUT2D eigenvalue weighted by Crippen LogP contribution is 2.30. The number of anilines is 2. The molecule has 8 heteroatoms. The van der Waals surface area contributed by atoms with Gasteiger partial charge in [-0.05, 0) is 39.8 Å². The van der Waals surface area contributed by atoms with E-state index in [9.17, 15) is 4.79 Å². The van der Waals surface area contributed by atoms with Gasteiger partial charge in [0.15, 0.2) is 0 Å². The molecule has 0 radical (unpaired) electrons. The highest BCUT2D eigenvalue weighted by Gasteiger charge is 2.38. The lowest BCUT2D eigenvalue weighted by Crippen LogP contribution is -2.57. The maximum atomic E-state index is 12.2. The topological polar surface area (TPSA) is 80.2 Å². The predicted molar refractivity (Wildman–Crippen MR) is 93.6 cm³/mol. The van der Waals surface area contributed by atoms with E-state index < -0.39 is 0 Å². The molecule has 128 valence electrons. The molecule has 0 aliphatic carbocycles. The van der Waals surface area contributed by atoms with Gasteiger partial charge in [-0.3, -0.25) is 10.1 Å². The standard InChI is InChI=1S/C16H21N5O2S/c1-15(2)8-21(9-16(3,4)23-15)12-6-5-11(7-17-12)13(22)19-14-20-18-10-24-14/h5-7,10H,8-9H2,1-4H3,(H,19,20,22). The number of ether oxygens (including phenoxy) is 1. The highest BCUT2D eigenvalue weighted by molar-refractivity contribution is 7.13. The monoisotopic (exact) mass is 347 g/mol. The molecule has 3 heterocycles. The Balaban J connectivity index is 1.73. The summed E-state index contributed by atoms with van der Waals surface area (Å²) in [6.07, 6.45) is 1.58. The maximum Gasteiger partial charge on any atom is 0.259 e. The number of hydrogen-bond donors (Lipinski definition) is 1. The van der Waals surface area contributed by atoms with Crippen molar-refractivity contribution in [2.75, 3.05) is 23.3 Å². The summed E-state index contributed by atoms with van der Waals surface area (Å²) in [7, 11) is 0. The zero-order valence-electron chi connectivity index (χ0n) is 14.2. The van der Waals surface area contributed by atoms with Gasteiger partial charge in [-0.1, -0.05) is 11.3 Å². The Morgan fingerprint density at radius 2 is 1.96 bits per heavy atom. The van der Waals surface area contributed by atoms with Crippen LogP contribution in [0.4, 0.5) is 10.9 Å². The van der Waals surface area contributed by atoms with E-state index in [1.54, 1.807) is 17.8 Å². The number of nitrogens with zero attached hydrogens (tertiary/aromatic N) is 4. The molecule has 1 aliphatic heterocycles. The van der Waals surface area contributed by atoms with Crippen molar-refractivity contribution in [3.63, 3.8) is 0 Å². The molecule has 24 heavy (non-hydrogen) atoms. The van der Waals surface area contributed by atoms with E-state index in [0.717, 1.165) is 18.9 Å². The van der Waals surface area contributed by atoms with Crippen LogP contribution in [0.1, 0.15) is 38.1 Å². The summed E-state index contributed by atoms with van der Waals surface area (Å²) >= 11 is 1.27. The van der Waals surface area contributed by atoms with Crippen molar-refractivity contribution < 1.29 is 9.53 Å². The van der Waals surface area contributed by atoms with Crippen LogP contribution in [-0.4, -0.2) is 45.4 Å². The third-order valence-electron chi connectivity index (χ3n) is 3.61. The Labute approximate surface area is 145 Å². The van der Waals surface area contributed by atoms with Crippen molar-refractivity contribution in [3.8, 4) is 0 Å². The van der Waals surface area contributed by atoms with Crippen LogP contribution in [0.15, 0.2) is 23.8 Å². The molecular formula is C16H21N5O2S. The SMILES string of the molecule is CC1(C)CN(c2ccc(C(=O)Nc3nncs3)cn2)CC(C)(C)O1. The first-order valence-corrected chi connectivity index (χ1v) is 8.61. The van der Waals surface area contributed by atoms with Crippen LogP contribution in [0, 0.1) is 0 Å². The average Bonchev–Trinajstić information content (AvgIpc) is 2.97. The van der Waals surface area contributed by atoms with E-state index in [4.69, 9.17) is 4.74 Å². The first-order chi connectivity index (χ1) is 11.2. The fraction of sp³-hybridized carbons (Fsp3) is 0.500. The van der Waals surface area contributed by atoms with Crippen molar-refractivity contribution in [2.45, 2.75) is 38.9 Å². The van der Waals surface area contributed by atoms with Crippen molar-refractivity contribution in [1.82, 2.24) is 15.2 Å². The van der Waals surface area contributed by atoms with E-state index in [0.29, 0.717) is 10.7 Å². The summed E-state index contributed by atoms with van der Waals surface area (Å²) in [4.78, 5) is 18.8. The van der Waals surface area contributed by atoms with E-state index >= 15 is 0 Å². The van der Waals surface area contributed by atoms with E-state index in [1.165, 1.54) is 11.3 Å². The second kappa shape index (κ2) is 6.10. The third-order valence-corrected chi connectivity index (χ3v) is 4.22. The van der Waals surface area contributed by atoms with Crippen molar-refractivity contribution in [2.24, 2.45) is 0 Å². The summed E-state index contributed by atoms with van der Waals surface area (Å²) in [5.41, 5.74) is 1.55. The summed E-state index contributed by atoms with van der Waals surface area (Å²) in [6, 6.07) is 3.64. The molecule has 7 nitrogen and oxygen atoms in total. The fourth-order valence-corrected chi connectivity index (χ4v) is 3.49. The predicted octanol–water partition coefficient (Wildman–Crippen LogP) is 2.58. The summed E-state index contributed by atoms with van der Waals surface area (Å²) in [6.45, 7) is 9.80. The normalized spacial score (nSPS) is 19.1. The zero-order valence-corrected chi connectivity index (χ0v) is 15.1. The molecule has 1 fully saturated rings. The minimum absolute atomic E-state index is 0.242. The average molecular weight is 347 g/mol. The van der Waals surface area contributed by atoms with E-state index in [2.05, 4.69) is 53.1 Å². The number of pyridine rings is 1. The molecule has 1 saturated heterocycles. The lowest BCUT2D eigenvalue weighted by molar-refractivity contribution is -0.133. The molecule has 1 amide bonds. The Hall–Kier alpha value is -2.06. The van der Waals surface area contributed by atoms with Gasteiger partial charge in [0.25, 0.3) is 5.91 Å². The Kier molecular flexibility index (Phi) is 4.27. The second-order valence-corrected chi connectivity index (χ2v) is 7.91. The molecule has 3 rings (SSSR count). The Morgan fingerprint density at radius 1 is 1.25 bits per heavy atom. The number of carbonyl (C=O) groups excluding carboxylic acids is 1. The molecule has 0 aromatic carbocycles. The van der Waals surface area contributed by atoms with Crippen molar-refractivity contribution in [3.05, 3.63) is 29.4 Å². The minimum atomic E-state index is -0.253. The van der Waals surface area contributed by atoms with Crippen molar-refractivity contribution >= 4 is 28.2 Å². The van der Waals surface area contributed by atoms with Gasteiger partial charge in [-0.15, -0.1) is 10.2 Å². The molecule has 0 atom stereocenters. The smallest absolute Gasteiger partial charge is 0.259 e. The van der Waals surface area contributed by atoms with Gasteiger partial charge in [0.1, 0.15) is 11.3 Å². The molecule has 0 bridgehead atoms. The van der Waals surface area contributed by atoms with Crippen LogP contribution >= 0.6 is 11.3 Å².